The number of ketones is 1. The Hall–Kier alpha value is -2.95. The Morgan fingerprint density at radius 3 is 2.04 bits per heavy atom. The SMILES string of the molecule is COC(=O)c1ccc(C(=O)OCC(=O)c2ccc3c(c2)CCCC3)cc1. The van der Waals surface area contributed by atoms with Crippen LogP contribution < -0.4 is 0 Å². The Bertz CT molecular complexity index is 836. The first-order chi connectivity index (χ1) is 12.6. The van der Waals surface area contributed by atoms with Gasteiger partial charge in [0.25, 0.3) is 0 Å². The zero-order chi connectivity index (χ0) is 18.5. The average molecular weight is 352 g/mol. The van der Waals surface area contributed by atoms with Gasteiger partial charge in [-0.25, -0.2) is 9.59 Å². The Morgan fingerprint density at radius 2 is 1.38 bits per heavy atom. The molecule has 0 aliphatic heterocycles. The number of esters is 2. The fourth-order valence-electron chi connectivity index (χ4n) is 3.06. The van der Waals surface area contributed by atoms with E-state index in [0.29, 0.717) is 11.1 Å². The fourth-order valence-corrected chi connectivity index (χ4v) is 3.06. The minimum Gasteiger partial charge on any atom is -0.465 e. The summed E-state index contributed by atoms with van der Waals surface area (Å²) in [6.45, 7) is -0.309. The molecule has 0 saturated heterocycles. The van der Waals surface area contributed by atoms with E-state index in [4.69, 9.17) is 4.74 Å². The van der Waals surface area contributed by atoms with Crippen LogP contribution in [0.4, 0.5) is 0 Å². The predicted octanol–water partition coefficient (Wildman–Crippen LogP) is 3.39. The number of carbonyl (C=O) groups is 3. The lowest BCUT2D eigenvalue weighted by Gasteiger charge is -2.16. The van der Waals surface area contributed by atoms with Gasteiger partial charge < -0.3 is 9.47 Å². The summed E-state index contributed by atoms with van der Waals surface area (Å²) in [6, 6.07) is 11.6. The molecular formula is C21H20O5. The van der Waals surface area contributed by atoms with Gasteiger partial charge >= 0.3 is 11.9 Å². The molecule has 0 amide bonds. The van der Waals surface area contributed by atoms with Crippen LogP contribution in [0.25, 0.3) is 0 Å². The van der Waals surface area contributed by atoms with E-state index in [1.807, 2.05) is 12.1 Å². The Kier molecular flexibility index (Phi) is 5.46. The van der Waals surface area contributed by atoms with E-state index in [0.717, 1.165) is 19.3 Å². The van der Waals surface area contributed by atoms with Gasteiger partial charge in [0.05, 0.1) is 18.2 Å². The summed E-state index contributed by atoms with van der Waals surface area (Å²) in [6.07, 6.45) is 4.37. The van der Waals surface area contributed by atoms with Gasteiger partial charge in [0.1, 0.15) is 0 Å². The van der Waals surface area contributed by atoms with Crippen molar-refractivity contribution in [1.82, 2.24) is 0 Å². The molecule has 2 aromatic rings. The molecule has 0 spiro atoms. The van der Waals surface area contributed by atoms with Crippen LogP contribution in [0.2, 0.25) is 0 Å². The van der Waals surface area contributed by atoms with Gasteiger partial charge in [-0.1, -0.05) is 12.1 Å². The standard InChI is InChI=1S/C21H20O5/c1-25-20(23)15-7-9-16(10-8-15)21(24)26-13-19(22)18-11-6-14-4-2-3-5-17(14)12-18/h6-12H,2-5,13H2,1H3. The first-order valence-corrected chi connectivity index (χ1v) is 8.59. The third-order valence-electron chi connectivity index (χ3n) is 4.55. The third-order valence-corrected chi connectivity index (χ3v) is 4.55. The van der Waals surface area contributed by atoms with Crippen LogP contribution in [0.15, 0.2) is 42.5 Å². The minimum absolute atomic E-state index is 0.224. The number of Topliss-reactive ketones (excluding diaryl/α,β-unsaturated/α-hetero) is 1. The molecule has 5 heteroatoms. The van der Waals surface area contributed by atoms with Crippen molar-refractivity contribution in [2.24, 2.45) is 0 Å². The Balaban J connectivity index is 1.60. The number of fused-ring (bicyclic) bond motifs is 1. The number of aryl methyl sites for hydroxylation is 2. The highest BCUT2D eigenvalue weighted by molar-refractivity contribution is 5.99. The molecule has 1 aliphatic carbocycles. The summed E-state index contributed by atoms with van der Waals surface area (Å²) < 4.78 is 9.71. The first kappa shape index (κ1) is 17.9. The van der Waals surface area contributed by atoms with Crippen molar-refractivity contribution >= 4 is 17.7 Å². The van der Waals surface area contributed by atoms with E-state index in [9.17, 15) is 14.4 Å². The molecule has 0 unspecified atom stereocenters. The summed E-state index contributed by atoms with van der Waals surface area (Å²) in [7, 11) is 1.29. The maximum absolute atomic E-state index is 12.3. The molecule has 26 heavy (non-hydrogen) atoms. The summed E-state index contributed by atoms with van der Waals surface area (Å²) in [5.74, 6) is -1.31. The van der Waals surface area contributed by atoms with Crippen molar-refractivity contribution in [2.75, 3.05) is 13.7 Å². The molecule has 0 N–H and O–H groups in total. The number of benzene rings is 2. The number of rotatable bonds is 5. The second kappa shape index (κ2) is 7.95. The lowest BCUT2D eigenvalue weighted by molar-refractivity contribution is 0.0474. The second-order valence-corrected chi connectivity index (χ2v) is 6.26. The predicted molar refractivity (Wildman–Crippen MR) is 95.5 cm³/mol. The van der Waals surface area contributed by atoms with Gasteiger partial charge in [-0.2, -0.15) is 0 Å². The molecule has 0 atom stereocenters. The molecule has 3 rings (SSSR count). The molecule has 1 aliphatic rings. The third kappa shape index (κ3) is 3.99. The molecule has 134 valence electrons. The van der Waals surface area contributed by atoms with Crippen LogP contribution in [0, 0.1) is 0 Å². The molecular weight excluding hydrogens is 332 g/mol. The molecule has 0 fully saturated rings. The normalized spacial score (nSPS) is 12.8. The number of hydrogen-bond acceptors (Lipinski definition) is 5. The average Bonchev–Trinajstić information content (AvgIpc) is 2.70. The van der Waals surface area contributed by atoms with Crippen molar-refractivity contribution in [3.63, 3.8) is 0 Å². The van der Waals surface area contributed by atoms with E-state index >= 15 is 0 Å². The number of methoxy groups -OCH3 is 1. The molecule has 5 nitrogen and oxygen atoms in total. The van der Waals surface area contributed by atoms with Crippen molar-refractivity contribution in [2.45, 2.75) is 25.7 Å². The van der Waals surface area contributed by atoms with Crippen molar-refractivity contribution < 1.29 is 23.9 Å². The number of hydrogen-bond donors (Lipinski definition) is 0. The van der Waals surface area contributed by atoms with Gasteiger partial charge in [0.15, 0.2) is 12.4 Å². The molecule has 0 radical (unpaired) electrons. The quantitative estimate of drug-likeness (QED) is 0.609. The maximum atomic E-state index is 12.3. The highest BCUT2D eigenvalue weighted by atomic mass is 16.5. The highest BCUT2D eigenvalue weighted by Gasteiger charge is 2.15. The van der Waals surface area contributed by atoms with E-state index in [2.05, 4.69) is 4.74 Å². The molecule has 0 heterocycles. The summed E-state index contributed by atoms with van der Waals surface area (Å²) in [5.41, 5.74) is 3.70. The summed E-state index contributed by atoms with van der Waals surface area (Å²) in [4.78, 5) is 35.8. The van der Waals surface area contributed by atoms with Gasteiger partial charge in [0.2, 0.25) is 0 Å². The van der Waals surface area contributed by atoms with Crippen molar-refractivity contribution in [3.8, 4) is 0 Å². The van der Waals surface area contributed by atoms with Gasteiger partial charge in [-0.15, -0.1) is 0 Å². The van der Waals surface area contributed by atoms with Crippen LogP contribution in [-0.4, -0.2) is 31.4 Å². The van der Waals surface area contributed by atoms with Gasteiger partial charge in [0, 0.05) is 5.56 Å². The topological polar surface area (TPSA) is 69.7 Å². The maximum Gasteiger partial charge on any atom is 0.338 e. The fraction of sp³-hybridized carbons (Fsp3) is 0.286. The lowest BCUT2D eigenvalue weighted by atomic mass is 9.90. The summed E-state index contributed by atoms with van der Waals surface area (Å²) >= 11 is 0. The molecule has 0 aromatic heterocycles. The smallest absolute Gasteiger partial charge is 0.338 e. The summed E-state index contributed by atoms with van der Waals surface area (Å²) in [5, 5.41) is 0. The van der Waals surface area contributed by atoms with Crippen molar-refractivity contribution in [3.05, 3.63) is 70.3 Å². The monoisotopic (exact) mass is 352 g/mol. The van der Waals surface area contributed by atoms with E-state index in [1.54, 1.807) is 6.07 Å². The van der Waals surface area contributed by atoms with E-state index in [-0.39, 0.29) is 18.0 Å². The largest absolute Gasteiger partial charge is 0.465 e. The minimum atomic E-state index is -0.604. The van der Waals surface area contributed by atoms with Crippen LogP contribution in [0.1, 0.15) is 55.0 Å². The van der Waals surface area contributed by atoms with Crippen LogP contribution in [0.5, 0.6) is 0 Å². The van der Waals surface area contributed by atoms with E-state index < -0.39 is 11.9 Å². The van der Waals surface area contributed by atoms with E-state index in [1.165, 1.54) is 48.9 Å². The molecule has 2 aromatic carbocycles. The van der Waals surface area contributed by atoms with Crippen LogP contribution in [0.3, 0.4) is 0 Å². The van der Waals surface area contributed by atoms with Crippen molar-refractivity contribution in [1.29, 1.82) is 0 Å². The second-order valence-electron chi connectivity index (χ2n) is 6.26. The zero-order valence-electron chi connectivity index (χ0n) is 14.6. The Labute approximate surface area is 151 Å². The van der Waals surface area contributed by atoms with Crippen LogP contribution >= 0.6 is 0 Å². The molecule has 0 bridgehead atoms. The Morgan fingerprint density at radius 1 is 0.808 bits per heavy atom. The molecule has 0 saturated carbocycles. The first-order valence-electron chi connectivity index (χ1n) is 8.59. The number of carbonyl (C=O) groups excluding carboxylic acids is 3. The van der Waals surface area contributed by atoms with Gasteiger partial charge in [-0.3, -0.25) is 4.79 Å². The van der Waals surface area contributed by atoms with Gasteiger partial charge in [-0.05, 0) is 67.1 Å². The highest BCUT2D eigenvalue weighted by Crippen LogP contribution is 2.22. The van der Waals surface area contributed by atoms with Crippen LogP contribution in [-0.2, 0) is 22.3 Å². The lowest BCUT2D eigenvalue weighted by Crippen LogP contribution is -2.15. The number of ether oxygens (including phenoxy) is 2. The zero-order valence-corrected chi connectivity index (χ0v) is 14.6.